The zero-order chi connectivity index (χ0) is 17.8. The minimum atomic E-state index is -1.22. The van der Waals surface area contributed by atoms with Crippen molar-refractivity contribution in [3.05, 3.63) is 95.6 Å². The Morgan fingerprint density at radius 2 is 1.54 bits per heavy atom. The SMILES string of the molecule is [C-]#[N+]C(=CC=CC=CC=CC=Cc1ccc(N(C)C)cc1)C(=O)O. The fraction of sp³-hybridized carbons (Fsp3) is 0.100. The third-order valence-corrected chi connectivity index (χ3v) is 2.96. The number of anilines is 1. The van der Waals surface area contributed by atoms with Crippen molar-refractivity contribution in [2.75, 3.05) is 19.0 Å². The maximum atomic E-state index is 10.6. The summed E-state index contributed by atoms with van der Waals surface area (Å²) < 4.78 is 0. The van der Waals surface area contributed by atoms with E-state index < -0.39 is 5.97 Å². The van der Waals surface area contributed by atoms with Gasteiger partial charge in [-0.3, -0.25) is 4.79 Å². The molecule has 1 rings (SSSR count). The predicted octanol–water partition coefficient (Wildman–Crippen LogP) is 4.32. The van der Waals surface area contributed by atoms with Crippen molar-refractivity contribution in [1.29, 1.82) is 0 Å². The van der Waals surface area contributed by atoms with Crippen molar-refractivity contribution in [3.8, 4) is 0 Å². The van der Waals surface area contributed by atoms with Gasteiger partial charge >= 0.3 is 5.97 Å². The van der Waals surface area contributed by atoms with E-state index in [0.29, 0.717) is 0 Å². The van der Waals surface area contributed by atoms with E-state index in [2.05, 4.69) is 34.0 Å². The van der Waals surface area contributed by atoms with E-state index in [4.69, 9.17) is 11.7 Å². The molecule has 0 fully saturated rings. The Bertz CT molecular complexity index is 728. The van der Waals surface area contributed by atoms with Crippen LogP contribution < -0.4 is 4.90 Å². The molecule has 0 saturated heterocycles. The van der Waals surface area contributed by atoms with Crippen molar-refractivity contribution in [2.24, 2.45) is 0 Å². The molecule has 0 atom stereocenters. The fourth-order valence-electron chi connectivity index (χ4n) is 1.67. The molecule has 4 nitrogen and oxygen atoms in total. The minimum Gasteiger partial charge on any atom is -0.486 e. The van der Waals surface area contributed by atoms with Gasteiger partial charge in [0.15, 0.2) is 0 Å². The first-order chi connectivity index (χ1) is 11.5. The Morgan fingerprint density at radius 1 is 1.00 bits per heavy atom. The molecule has 1 aromatic carbocycles. The molecule has 0 amide bonds. The van der Waals surface area contributed by atoms with Gasteiger partial charge in [0.25, 0.3) is 5.70 Å². The molecule has 0 aliphatic rings. The largest absolute Gasteiger partial charge is 0.486 e. The Hall–Kier alpha value is -3.32. The number of carboxylic acid groups (broad SMARTS) is 1. The molecule has 1 aromatic rings. The number of hydrogen-bond donors (Lipinski definition) is 1. The number of benzene rings is 1. The fourth-order valence-corrected chi connectivity index (χ4v) is 1.67. The Morgan fingerprint density at radius 3 is 2.04 bits per heavy atom. The molecule has 0 aliphatic carbocycles. The van der Waals surface area contributed by atoms with Crippen LogP contribution in [0.4, 0.5) is 5.69 Å². The molecule has 0 saturated carbocycles. The Labute approximate surface area is 142 Å². The molecule has 0 unspecified atom stereocenters. The standard InChI is InChI=1S/C20H20N2O2/c1-21-19(20(23)24)12-10-8-6-4-5-7-9-11-17-13-15-18(16-14-17)22(2)3/h4-16H,2-3H3,(H,23,24). The van der Waals surface area contributed by atoms with Crippen LogP contribution >= 0.6 is 0 Å². The lowest BCUT2D eigenvalue weighted by Crippen LogP contribution is -2.07. The van der Waals surface area contributed by atoms with Gasteiger partial charge < -0.3 is 10.0 Å². The molecule has 0 aromatic heterocycles. The van der Waals surface area contributed by atoms with Crippen LogP contribution in [0.1, 0.15) is 5.56 Å². The van der Waals surface area contributed by atoms with E-state index >= 15 is 0 Å². The minimum absolute atomic E-state index is 0.307. The summed E-state index contributed by atoms with van der Waals surface area (Å²) in [7, 11) is 4.02. The molecule has 24 heavy (non-hydrogen) atoms. The number of allylic oxidation sites excluding steroid dienone is 8. The van der Waals surface area contributed by atoms with Crippen molar-refractivity contribution < 1.29 is 9.90 Å². The molecule has 0 bridgehead atoms. The smallest absolute Gasteiger partial charge is 0.333 e. The second-order valence-corrected chi connectivity index (χ2v) is 4.97. The molecule has 0 spiro atoms. The van der Waals surface area contributed by atoms with Gasteiger partial charge in [0.2, 0.25) is 0 Å². The third-order valence-electron chi connectivity index (χ3n) is 2.96. The van der Waals surface area contributed by atoms with Crippen LogP contribution in [-0.2, 0) is 4.79 Å². The van der Waals surface area contributed by atoms with Gasteiger partial charge in [0.05, 0.1) is 6.57 Å². The van der Waals surface area contributed by atoms with Crippen LogP contribution in [0.2, 0.25) is 0 Å². The first kappa shape index (κ1) is 18.7. The van der Waals surface area contributed by atoms with Gasteiger partial charge in [-0.05, 0) is 23.8 Å². The van der Waals surface area contributed by atoms with Crippen molar-refractivity contribution in [3.63, 3.8) is 0 Å². The summed E-state index contributed by atoms with van der Waals surface area (Å²) in [6, 6.07) is 8.25. The highest BCUT2D eigenvalue weighted by Gasteiger charge is 2.02. The summed E-state index contributed by atoms with van der Waals surface area (Å²) in [4.78, 5) is 15.5. The van der Waals surface area contributed by atoms with Crippen LogP contribution in [0.15, 0.2) is 78.6 Å². The summed E-state index contributed by atoms with van der Waals surface area (Å²) in [5.74, 6) is -1.22. The van der Waals surface area contributed by atoms with Gasteiger partial charge in [-0.2, -0.15) is 0 Å². The summed E-state index contributed by atoms with van der Waals surface area (Å²) >= 11 is 0. The van der Waals surface area contributed by atoms with Gasteiger partial charge in [-0.25, -0.2) is 4.85 Å². The van der Waals surface area contributed by atoms with E-state index in [0.717, 1.165) is 11.3 Å². The van der Waals surface area contributed by atoms with Gasteiger partial charge in [0.1, 0.15) is 0 Å². The van der Waals surface area contributed by atoms with E-state index in [9.17, 15) is 4.79 Å². The first-order valence-electron chi connectivity index (χ1n) is 7.31. The number of nitrogens with zero attached hydrogens (tertiary/aromatic N) is 2. The summed E-state index contributed by atoms with van der Waals surface area (Å²) in [6.07, 6.45) is 15.8. The monoisotopic (exact) mass is 320 g/mol. The number of rotatable bonds is 7. The van der Waals surface area contributed by atoms with Gasteiger partial charge in [-0.15, -0.1) is 0 Å². The molecule has 0 radical (unpaired) electrons. The summed E-state index contributed by atoms with van der Waals surface area (Å²) in [5, 5.41) is 8.65. The van der Waals surface area contributed by atoms with Gasteiger partial charge in [-0.1, -0.05) is 60.7 Å². The number of hydrogen-bond acceptors (Lipinski definition) is 2. The lowest BCUT2D eigenvalue weighted by Gasteiger charge is -2.11. The van der Waals surface area contributed by atoms with E-state index in [1.165, 1.54) is 12.2 Å². The predicted molar refractivity (Wildman–Crippen MR) is 99.5 cm³/mol. The van der Waals surface area contributed by atoms with E-state index in [1.807, 2.05) is 44.5 Å². The van der Waals surface area contributed by atoms with Crippen LogP contribution in [0.25, 0.3) is 10.9 Å². The van der Waals surface area contributed by atoms with Gasteiger partial charge in [0, 0.05) is 19.8 Å². The second kappa shape index (κ2) is 10.4. The molecular formula is C20H20N2O2. The van der Waals surface area contributed by atoms with Crippen molar-refractivity contribution >= 4 is 17.7 Å². The average molecular weight is 320 g/mol. The summed E-state index contributed by atoms with van der Waals surface area (Å²) in [5.41, 5.74) is 1.98. The maximum Gasteiger partial charge on any atom is 0.333 e. The number of carboxylic acids is 1. The summed E-state index contributed by atoms with van der Waals surface area (Å²) in [6.45, 7) is 6.69. The molecular weight excluding hydrogens is 300 g/mol. The highest BCUT2D eigenvalue weighted by Crippen LogP contribution is 2.13. The van der Waals surface area contributed by atoms with E-state index in [1.54, 1.807) is 12.2 Å². The van der Waals surface area contributed by atoms with Crippen molar-refractivity contribution in [2.45, 2.75) is 0 Å². The van der Waals surface area contributed by atoms with Crippen LogP contribution in [0, 0.1) is 6.57 Å². The highest BCUT2D eigenvalue weighted by molar-refractivity contribution is 5.88. The molecule has 4 heteroatoms. The maximum absolute atomic E-state index is 10.6. The quantitative estimate of drug-likeness (QED) is 0.462. The second-order valence-electron chi connectivity index (χ2n) is 4.97. The first-order valence-corrected chi connectivity index (χ1v) is 7.31. The van der Waals surface area contributed by atoms with E-state index in [-0.39, 0.29) is 5.70 Å². The van der Waals surface area contributed by atoms with Crippen LogP contribution in [0.3, 0.4) is 0 Å². The number of carbonyl (C=O) groups is 1. The van der Waals surface area contributed by atoms with Crippen LogP contribution in [0.5, 0.6) is 0 Å². The normalized spacial score (nSPS) is 12.5. The van der Waals surface area contributed by atoms with Crippen LogP contribution in [-0.4, -0.2) is 25.2 Å². The zero-order valence-corrected chi connectivity index (χ0v) is 13.8. The Balaban J connectivity index is 2.47. The third kappa shape index (κ3) is 7.10. The highest BCUT2D eigenvalue weighted by atomic mass is 16.4. The topological polar surface area (TPSA) is 44.9 Å². The molecule has 1 N–H and O–H groups in total. The zero-order valence-electron chi connectivity index (χ0n) is 13.8. The average Bonchev–Trinajstić information content (AvgIpc) is 2.56. The Kier molecular flexibility index (Phi) is 8.13. The molecule has 0 heterocycles. The van der Waals surface area contributed by atoms with Crippen molar-refractivity contribution in [1.82, 2.24) is 0 Å². The number of aliphatic carboxylic acids is 1. The lowest BCUT2D eigenvalue weighted by atomic mass is 10.2. The lowest BCUT2D eigenvalue weighted by molar-refractivity contribution is -0.132. The molecule has 0 aliphatic heterocycles. The molecule has 122 valence electrons.